The Bertz CT molecular complexity index is 591. The van der Waals surface area contributed by atoms with Gasteiger partial charge in [0.25, 0.3) is 5.91 Å². The van der Waals surface area contributed by atoms with Gasteiger partial charge in [-0.25, -0.2) is 0 Å². The Labute approximate surface area is 112 Å². The zero-order chi connectivity index (χ0) is 13.8. The van der Waals surface area contributed by atoms with Crippen molar-refractivity contribution in [1.29, 1.82) is 0 Å². The van der Waals surface area contributed by atoms with Gasteiger partial charge in [-0.15, -0.1) is 0 Å². The van der Waals surface area contributed by atoms with Crippen LogP contribution >= 0.6 is 0 Å². The van der Waals surface area contributed by atoms with Crippen LogP contribution in [-0.2, 0) is 0 Å². The van der Waals surface area contributed by atoms with Crippen LogP contribution in [0.15, 0.2) is 42.5 Å². The highest BCUT2D eigenvalue weighted by atomic mass is 16.2. The summed E-state index contributed by atoms with van der Waals surface area (Å²) >= 11 is 0. The fourth-order valence-corrected chi connectivity index (χ4v) is 1.70. The Morgan fingerprint density at radius 1 is 1.00 bits per heavy atom. The minimum absolute atomic E-state index is 0.248. The van der Waals surface area contributed by atoms with E-state index in [1.807, 2.05) is 44.2 Å². The molecular formula is C15H17N3O. The van der Waals surface area contributed by atoms with E-state index in [1.165, 1.54) is 5.56 Å². The van der Waals surface area contributed by atoms with Crippen molar-refractivity contribution < 1.29 is 4.79 Å². The van der Waals surface area contributed by atoms with Crippen molar-refractivity contribution >= 4 is 17.3 Å². The fraction of sp³-hybridized carbons (Fsp3) is 0.133. The molecule has 19 heavy (non-hydrogen) atoms. The van der Waals surface area contributed by atoms with E-state index in [-0.39, 0.29) is 5.91 Å². The average Bonchev–Trinajstić information content (AvgIpc) is 2.40. The van der Waals surface area contributed by atoms with Crippen molar-refractivity contribution in [3.05, 3.63) is 59.2 Å². The predicted molar refractivity (Wildman–Crippen MR) is 77.9 cm³/mol. The largest absolute Gasteiger partial charge is 0.398 e. The lowest BCUT2D eigenvalue weighted by Gasteiger charge is -2.10. The number of aryl methyl sites for hydroxylation is 2. The maximum atomic E-state index is 12.0. The lowest BCUT2D eigenvalue weighted by molar-refractivity contribution is 0.0963. The molecule has 0 radical (unpaired) electrons. The van der Waals surface area contributed by atoms with Gasteiger partial charge in [-0.2, -0.15) is 0 Å². The summed E-state index contributed by atoms with van der Waals surface area (Å²) in [6, 6.07) is 13.1. The first-order valence-corrected chi connectivity index (χ1v) is 6.05. The summed E-state index contributed by atoms with van der Waals surface area (Å²) in [6.45, 7) is 3.93. The minimum Gasteiger partial charge on any atom is -0.398 e. The predicted octanol–water partition coefficient (Wildman–Crippen LogP) is 2.64. The van der Waals surface area contributed by atoms with E-state index < -0.39 is 0 Å². The third kappa shape index (κ3) is 3.25. The van der Waals surface area contributed by atoms with E-state index in [0.29, 0.717) is 11.3 Å². The first-order chi connectivity index (χ1) is 9.06. The van der Waals surface area contributed by atoms with Crippen LogP contribution in [0.25, 0.3) is 0 Å². The van der Waals surface area contributed by atoms with E-state index in [2.05, 4.69) is 10.9 Å². The molecule has 0 heterocycles. The zero-order valence-electron chi connectivity index (χ0n) is 11.0. The molecule has 0 aliphatic carbocycles. The molecule has 98 valence electrons. The normalized spacial score (nSPS) is 10.0. The number of carbonyl (C=O) groups excluding carboxylic acids is 1. The highest BCUT2D eigenvalue weighted by Gasteiger charge is 2.09. The van der Waals surface area contributed by atoms with E-state index in [4.69, 9.17) is 5.73 Å². The summed E-state index contributed by atoms with van der Waals surface area (Å²) in [6.07, 6.45) is 0. The second-order valence-corrected chi connectivity index (χ2v) is 4.54. The number of anilines is 2. The average molecular weight is 255 g/mol. The lowest BCUT2D eigenvalue weighted by Crippen LogP contribution is -2.30. The highest BCUT2D eigenvalue weighted by molar-refractivity contribution is 5.99. The van der Waals surface area contributed by atoms with Gasteiger partial charge in [0.1, 0.15) is 0 Å². The molecule has 0 aliphatic rings. The molecule has 0 atom stereocenters. The number of rotatable bonds is 3. The number of hydrazine groups is 1. The van der Waals surface area contributed by atoms with Crippen molar-refractivity contribution in [3.8, 4) is 0 Å². The van der Waals surface area contributed by atoms with Crippen LogP contribution < -0.4 is 16.6 Å². The molecule has 0 aliphatic heterocycles. The summed E-state index contributed by atoms with van der Waals surface area (Å²) in [7, 11) is 0. The molecule has 4 N–H and O–H groups in total. The molecule has 2 aromatic carbocycles. The van der Waals surface area contributed by atoms with Gasteiger partial charge in [0.2, 0.25) is 0 Å². The van der Waals surface area contributed by atoms with Gasteiger partial charge < -0.3 is 5.73 Å². The molecule has 0 spiro atoms. The van der Waals surface area contributed by atoms with Gasteiger partial charge in [-0.1, -0.05) is 29.3 Å². The summed E-state index contributed by atoms with van der Waals surface area (Å²) in [4.78, 5) is 12.0. The second-order valence-electron chi connectivity index (χ2n) is 4.54. The smallest absolute Gasteiger partial charge is 0.271 e. The molecule has 4 heteroatoms. The van der Waals surface area contributed by atoms with Crippen molar-refractivity contribution in [1.82, 2.24) is 5.43 Å². The van der Waals surface area contributed by atoms with Crippen molar-refractivity contribution in [2.75, 3.05) is 11.2 Å². The van der Waals surface area contributed by atoms with E-state index in [1.54, 1.807) is 12.1 Å². The third-order valence-corrected chi connectivity index (χ3v) is 2.83. The number of nitrogen functional groups attached to an aromatic ring is 1. The maximum absolute atomic E-state index is 12.0. The van der Waals surface area contributed by atoms with Crippen LogP contribution in [0, 0.1) is 13.8 Å². The van der Waals surface area contributed by atoms with Gasteiger partial charge in [-0.05, 0) is 38.1 Å². The number of hydrogen-bond donors (Lipinski definition) is 3. The van der Waals surface area contributed by atoms with E-state index in [9.17, 15) is 4.79 Å². The summed E-state index contributed by atoms with van der Waals surface area (Å²) in [5.74, 6) is -0.248. The Morgan fingerprint density at radius 2 is 1.63 bits per heavy atom. The number of amides is 1. The number of nitrogens with one attached hydrogen (secondary N) is 2. The number of nitrogens with two attached hydrogens (primary N) is 1. The summed E-state index contributed by atoms with van der Waals surface area (Å²) < 4.78 is 0. The second kappa shape index (κ2) is 5.44. The third-order valence-electron chi connectivity index (χ3n) is 2.83. The minimum atomic E-state index is -0.248. The van der Waals surface area contributed by atoms with Crippen LogP contribution in [0.2, 0.25) is 0 Å². The SMILES string of the molecule is Cc1ccc(NNC(=O)c2cc(C)ccc2N)cc1. The van der Waals surface area contributed by atoms with E-state index >= 15 is 0 Å². The molecule has 2 aromatic rings. The molecule has 1 amide bonds. The van der Waals surface area contributed by atoms with Gasteiger partial charge in [0.15, 0.2) is 0 Å². The van der Waals surface area contributed by atoms with Crippen molar-refractivity contribution in [2.24, 2.45) is 0 Å². The van der Waals surface area contributed by atoms with Gasteiger partial charge in [0, 0.05) is 5.69 Å². The fourth-order valence-electron chi connectivity index (χ4n) is 1.70. The molecule has 0 fully saturated rings. The molecular weight excluding hydrogens is 238 g/mol. The van der Waals surface area contributed by atoms with Crippen LogP contribution in [0.1, 0.15) is 21.5 Å². The molecule has 0 saturated carbocycles. The van der Waals surface area contributed by atoms with Crippen LogP contribution in [0.4, 0.5) is 11.4 Å². The Kier molecular flexibility index (Phi) is 3.71. The standard InChI is InChI=1S/C15H17N3O/c1-10-3-6-12(7-4-10)17-18-15(19)13-9-11(2)5-8-14(13)16/h3-9,17H,16H2,1-2H3,(H,18,19). The number of benzene rings is 2. The molecule has 0 saturated heterocycles. The molecule has 0 bridgehead atoms. The first kappa shape index (κ1) is 13.0. The van der Waals surface area contributed by atoms with Crippen LogP contribution in [0.5, 0.6) is 0 Å². The number of carbonyl (C=O) groups is 1. The Morgan fingerprint density at radius 3 is 2.32 bits per heavy atom. The lowest BCUT2D eigenvalue weighted by atomic mass is 10.1. The topological polar surface area (TPSA) is 67.1 Å². The first-order valence-electron chi connectivity index (χ1n) is 6.05. The van der Waals surface area contributed by atoms with Crippen LogP contribution in [-0.4, -0.2) is 5.91 Å². The monoisotopic (exact) mass is 255 g/mol. The molecule has 4 nitrogen and oxygen atoms in total. The summed E-state index contributed by atoms with van der Waals surface area (Å²) in [5, 5.41) is 0. The van der Waals surface area contributed by atoms with E-state index in [0.717, 1.165) is 11.3 Å². The maximum Gasteiger partial charge on any atom is 0.271 e. The van der Waals surface area contributed by atoms with Crippen LogP contribution in [0.3, 0.4) is 0 Å². The highest BCUT2D eigenvalue weighted by Crippen LogP contribution is 2.14. The number of hydrogen-bond acceptors (Lipinski definition) is 3. The van der Waals surface area contributed by atoms with Gasteiger partial charge in [0.05, 0.1) is 11.3 Å². The summed E-state index contributed by atoms with van der Waals surface area (Å²) in [5.41, 5.74) is 15.2. The quantitative estimate of drug-likeness (QED) is 0.583. The van der Waals surface area contributed by atoms with Crippen molar-refractivity contribution in [3.63, 3.8) is 0 Å². The zero-order valence-corrected chi connectivity index (χ0v) is 11.0. The van der Waals surface area contributed by atoms with Gasteiger partial charge >= 0.3 is 0 Å². The van der Waals surface area contributed by atoms with Gasteiger partial charge in [-0.3, -0.25) is 15.6 Å². The molecule has 0 aromatic heterocycles. The molecule has 2 rings (SSSR count). The Hall–Kier alpha value is -2.49. The molecule has 0 unspecified atom stereocenters. The Balaban J connectivity index is 2.05. The van der Waals surface area contributed by atoms with Crippen molar-refractivity contribution in [2.45, 2.75) is 13.8 Å².